The molecule has 27 heavy (non-hydrogen) atoms. The zero-order chi connectivity index (χ0) is 19.6. The SMILES string of the molecule is COc1ccc(OC)c(-c2csc(NS(=O)(=O)c3ccc(Cl)cc3Cl)n2)c1. The smallest absolute Gasteiger partial charge is 0.265 e. The van der Waals surface area contributed by atoms with Gasteiger partial charge in [-0.1, -0.05) is 23.2 Å². The molecule has 0 amide bonds. The monoisotopic (exact) mass is 444 g/mol. The van der Waals surface area contributed by atoms with Crippen LogP contribution in [0.3, 0.4) is 0 Å². The van der Waals surface area contributed by atoms with Crippen LogP contribution in [0.25, 0.3) is 11.3 Å². The molecule has 0 saturated carbocycles. The van der Waals surface area contributed by atoms with E-state index in [2.05, 4.69) is 9.71 Å². The van der Waals surface area contributed by atoms with Gasteiger partial charge >= 0.3 is 0 Å². The average molecular weight is 445 g/mol. The first-order valence-electron chi connectivity index (χ1n) is 7.50. The van der Waals surface area contributed by atoms with Gasteiger partial charge < -0.3 is 9.47 Å². The molecular formula is C17H14Cl2N2O4S2. The second-order valence-corrected chi connectivity index (χ2v) is 8.64. The quantitative estimate of drug-likeness (QED) is 0.582. The second kappa shape index (κ2) is 7.93. The Morgan fingerprint density at radius 3 is 2.52 bits per heavy atom. The molecule has 0 aliphatic carbocycles. The highest BCUT2D eigenvalue weighted by molar-refractivity contribution is 7.93. The number of hydrogen-bond acceptors (Lipinski definition) is 6. The van der Waals surface area contributed by atoms with Crippen molar-refractivity contribution in [3.8, 4) is 22.8 Å². The lowest BCUT2D eigenvalue weighted by Gasteiger charge is -2.09. The fourth-order valence-corrected chi connectivity index (χ4v) is 5.06. The highest BCUT2D eigenvalue weighted by atomic mass is 35.5. The highest BCUT2D eigenvalue weighted by Gasteiger charge is 2.20. The summed E-state index contributed by atoms with van der Waals surface area (Å²) in [6.45, 7) is 0. The fraction of sp³-hybridized carbons (Fsp3) is 0.118. The van der Waals surface area contributed by atoms with Gasteiger partial charge in [-0.05, 0) is 36.4 Å². The Balaban J connectivity index is 1.93. The molecule has 0 atom stereocenters. The van der Waals surface area contributed by atoms with E-state index < -0.39 is 10.0 Å². The first-order chi connectivity index (χ1) is 12.8. The molecule has 2 aromatic carbocycles. The minimum Gasteiger partial charge on any atom is -0.497 e. The van der Waals surface area contributed by atoms with Crippen LogP contribution in [0.4, 0.5) is 5.13 Å². The summed E-state index contributed by atoms with van der Waals surface area (Å²) in [6, 6.07) is 9.45. The Hall–Kier alpha value is -2.00. The third kappa shape index (κ3) is 4.30. The largest absolute Gasteiger partial charge is 0.497 e. The summed E-state index contributed by atoms with van der Waals surface area (Å²) < 4.78 is 38.2. The summed E-state index contributed by atoms with van der Waals surface area (Å²) in [7, 11) is -0.804. The molecule has 0 fully saturated rings. The van der Waals surface area contributed by atoms with Crippen molar-refractivity contribution in [2.24, 2.45) is 0 Å². The molecule has 6 nitrogen and oxygen atoms in total. The standard InChI is InChI=1S/C17H14Cl2N2O4S2/c1-24-11-4-5-15(25-2)12(8-11)14-9-26-17(20-14)21-27(22,23)16-6-3-10(18)7-13(16)19/h3-9H,1-2H3,(H,20,21). The summed E-state index contributed by atoms with van der Waals surface area (Å²) >= 11 is 13.0. The number of nitrogens with one attached hydrogen (secondary N) is 1. The van der Waals surface area contributed by atoms with Gasteiger partial charge in [-0.2, -0.15) is 0 Å². The van der Waals surface area contributed by atoms with Crippen LogP contribution in [0.5, 0.6) is 11.5 Å². The Morgan fingerprint density at radius 1 is 1.07 bits per heavy atom. The predicted molar refractivity (Wildman–Crippen MR) is 108 cm³/mol. The van der Waals surface area contributed by atoms with Gasteiger partial charge in [0.05, 0.1) is 24.9 Å². The number of hydrogen-bond donors (Lipinski definition) is 1. The number of thiazole rings is 1. The molecule has 10 heteroatoms. The number of anilines is 1. The summed E-state index contributed by atoms with van der Waals surface area (Å²) in [5, 5.41) is 2.29. The van der Waals surface area contributed by atoms with E-state index in [1.165, 1.54) is 18.2 Å². The normalized spacial score (nSPS) is 11.3. The van der Waals surface area contributed by atoms with E-state index >= 15 is 0 Å². The number of halogens is 2. The maximum absolute atomic E-state index is 12.6. The Bertz CT molecular complexity index is 1080. The summed E-state index contributed by atoms with van der Waals surface area (Å²) in [5.74, 6) is 1.23. The van der Waals surface area contributed by atoms with Crippen molar-refractivity contribution in [2.45, 2.75) is 4.90 Å². The van der Waals surface area contributed by atoms with Crippen LogP contribution in [-0.4, -0.2) is 27.6 Å². The topological polar surface area (TPSA) is 77.5 Å². The molecule has 1 aromatic heterocycles. The van der Waals surface area contributed by atoms with Gasteiger partial charge in [0.1, 0.15) is 16.4 Å². The van der Waals surface area contributed by atoms with Crippen LogP contribution in [0.1, 0.15) is 0 Å². The Morgan fingerprint density at radius 2 is 1.85 bits per heavy atom. The lowest BCUT2D eigenvalue weighted by molar-refractivity contribution is 0.404. The maximum atomic E-state index is 12.6. The van der Waals surface area contributed by atoms with Crippen LogP contribution in [-0.2, 0) is 10.0 Å². The third-order valence-electron chi connectivity index (χ3n) is 3.59. The molecule has 0 saturated heterocycles. The molecule has 1 N–H and O–H groups in total. The van der Waals surface area contributed by atoms with Gasteiger partial charge in [0.2, 0.25) is 0 Å². The van der Waals surface area contributed by atoms with E-state index in [1.807, 2.05) is 0 Å². The van der Waals surface area contributed by atoms with Crippen molar-refractivity contribution >= 4 is 49.7 Å². The number of rotatable bonds is 6. The average Bonchev–Trinajstić information content (AvgIpc) is 3.08. The molecular weight excluding hydrogens is 431 g/mol. The molecule has 0 unspecified atom stereocenters. The van der Waals surface area contributed by atoms with Crippen LogP contribution in [0.2, 0.25) is 10.0 Å². The number of aromatic nitrogens is 1. The van der Waals surface area contributed by atoms with Crippen molar-refractivity contribution in [1.29, 1.82) is 0 Å². The molecule has 0 aliphatic rings. The first kappa shape index (κ1) is 19.8. The van der Waals surface area contributed by atoms with Gasteiger partial charge in [0.25, 0.3) is 10.0 Å². The first-order valence-corrected chi connectivity index (χ1v) is 10.6. The summed E-state index contributed by atoms with van der Waals surface area (Å²) in [4.78, 5) is 4.27. The number of ether oxygens (including phenoxy) is 2. The van der Waals surface area contributed by atoms with Crippen LogP contribution >= 0.6 is 34.5 Å². The fourth-order valence-electron chi connectivity index (χ4n) is 2.32. The van der Waals surface area contributed by atoms with E-state index in [1.54, 1.807) is 37.8 Å². The zero-order valence-electron chi connectivity index (χ0n) is 14.2. The second-order valence-electron chi connectivity index (χ2n) is 5.28. The van der Waals surface area contributed by atoms with Gasteiger partial charge in [-0.25, -0.2) is 13.4 Å². The molecule has 3 aromatic rings. The number of sulfonamides is 1. The molecule has 142 valence electrons. The van der Waals surface area contributed by atoms with Crippen LogP contribution < -0.4 is 14.2 Å². The molecule has 0 aliphatic heterocycles. The molecule has 0 bridgehead atoms. The van der Waals surface area contributed by atoms with Crippen LogP contribution in [0.15, 0.2) is 46.7 Å². The van der Waals surface area contributed by atoms with E-state index in [-0.39, 0.29) is 15.0 Å². The third-order valence-corrected chi connectivity index (χ3v) is 6.54. The number of benzene rings is 2. The van der Waals surface area contributed by atoms with E-state index in [0.29, 0.717) is 27.8 Å². The minimum atomic E-state index is -3.91. The molecule has 0 radical (unpaired) electrons. The molecule has 1 heterocycles. The van der Waals surface area contributed by atoms with Crippen molar-refractivity contribution in [3.63, 3.8) is 0 Å². The lowest BCUT2D eigenvalue weighted by Crippen LogP contribution is -2.13. The van der Waals surface area contributed by atoms with Crippen molar-refractivity contribution < 1.29 is 17.9 Å². The summed E-state index contributed by atoms with van der Waals surface area (Å²) in [5.41, 5.74) is 1.23. The minimum absolute atomic E-state index is 0.0289. The Labute approximate surface area is 170 Å². The van der Waals surface area contributed by atoms with E-state index in [9.17, 15) is 8.42 Å². The van der Waals surface area contributed by atoms with Gasteiger partial charge in [0, 0.05) is 16.0 Å². The van der Waals surface area contributed by atoms with E-state index in [0.717, 1.165) is 11.3 Å². The van der Waals surface area contributed by atoms with Crippen molar-refractivity contribution in [1.82, 2.24) is 4.98 Å². The predicted octanol–water partition coefficient (Wildman–Crippen LogP) is 4.93. The van der Waals surface area contributed by atoms with Gasteiger partial charge in [0.15, 0.2) is 5.13 Å². The lowest BCUT2D eigenvalue weighted by atomic mass is 10.1. The number of nitrogens with zero attached hydrogens (tertiary/aromatic N) is 1. The van der Waals surface area contributed by atoms with Crippen molar-refractivity contribution in [3.05, 3.63) is 51.8 Å². The zero-order valence-corrected chi connectivity index (χ0v) is 17.3. The molecule has 3 rings (SSSR count). The molecule has 0 spiro atoms. The number of methoxy groups -OCH3 is 2. The van der Waals surface area contributed by atoms with Gasteiger partial charge in [-0.3, -0.25) is 4.72 Å². The van der Waals surface area contributed by atoms with Crippen LogP contribution in [0, 0.1) is 0 Å². The summed E-state index contributed by atoms with van der Waals surface area (Å²) in [6.07, 6.45) is 0. The van der Waals surface area contributed by atoms with Gasteiger partial charge in [-0.15, -0.1) is 11.3 Å². The Kier molecular flexibility index (Phi) is 5.81. The highest BCUT2D eigenvalue weighted by Crippen LogP contribution is 2.36. The van der Waals surface area contributed by atoms with Crippen molar-refractivity contribution in [2.75, 3.05) is 18.9 Å². The maximum Gasteiger partial charge on any atom is 0.265 e. The van der Waals surface area contributed by atoms with E-state index in [4.69, 9.17) is 32.7 Å².